The van der Waals surface area contributed by atoms with Gasteiger partial charge >= 0.3 is 0 Å². The van der Waals surface area contributed by atoms with Crippen LogP contribution in [0.2, 0.25) is 0 Å². The molecule has 0 fully saturated rings. The minimum atomic E-state index is -0.506. The van der Waals surface area contributed by atoms with Gasteiger partial charge in [0.15, 0.2) is 5.82 Å². The van der Waals surface area contributed by atoms with E-state index in [2.05, 4.69) is 27.8 Å². The molecule has 0 unspecified atom stereocenters. The molecule has 4 N–H and O–H groups in total. The fourth-order valence-electron chi connectivity index (χ4n) is 3.94. The summed E-state index contributed by atoms with van der Waals surface area (Å²) < 4.78 is 1.69. The second-order valence-corrected chi connectivity index (χ2v) is 7.56. The van der Waals surface area contributed by atoms with Gasteiger partial charge in [0.2, 0.25) is 0 Å². The Morgan fingerprint density at radius 1 is 1.13 bits per heavy atom. The molecule has 0 aliphatic carbocycles. The molecule has 1 aliphatic heterocycles. The van der Waals surface area contributed by atoms with Gasteiger partial charge in [-0.3, -0.25) is 9.20 Å². The monoisotopic (exact) mass is 413 g/mol. The van der Waals surface area contributed by atoms with Crippen molar-refractivity contribution in [2.75, 3.05) is 11.9 Å². The maximum atomic E-state index is 11.8. The number of benzene rings is 1. The lowest BCUT2D eigenvalue weighted by Gasteiger charge is -2.15. The van der Waals surface area contributed by atoms with Crippen LogP contribution in [-0.2, 0) is 19.5 Å². The van der Waals surface area contributed by atoms with Gasteiger partial charge in [-0.1, -0.05) is 36.4 Å². The molecule has 3 aromatic heterocycles. The lowest BCUT2D eigenvalue weighted by Crippen LogP contribution is -2.16. The molecule has 156 valence electrons. The molecular weight excluding hydrogens is 390 g/mol. The summed E-state index contributed by atoms with van der Waals surface area (Å²) in [6.07, 6.45) is 3.48. The van der Waals surface area contributed by atoms with Crippen LogP contribution in [0.15, 0.2) is 54.9 Å². The predicted octanol–water partition coefficient (Wildman–Crippen LogP) is 2.54. The summed E-state index contributed by atoms with van der Waals surface area (Å²) in [6.45, 7) is 2.33. The summed E-state index contributed by atoms with van der Waals surface area (Å²) in [4.78, 5) is 26.0. The Bertz CT molecular complexity index is 1250. The summed E-state index contributed by atoms with van der Waals surface area (Å²) in [5, 5.41) is 6.95. The lowest BCUT2D eigenvalue weighted by atomic mass is 10.1. The molecule has 31 heavy (non-hydrogen) atoms. The number of carbonyl (C=O) groups is 1. The maximum absolute atomic E-state index is 11.8. The van der Waals surface area contributed by atoms with Crippen molar-refractivity contribution in [1.82, 2.24) is 24.7 Å². The van der Waals surface area contributed by atoms with E-state index in [9.17, 15) is 4.79 Å². The maximum Gasteiger partial charge on any atom is 0.265 e. The number of carbonyl (C=O) groups excluding carboxylic acids is 1. The Labute approximate surface area is 179 Å². The molecule has 4 aromatic rings. The number of fused-ring (bicyclic) bond motifs is 2. The quantitative estimate of drug-likeness (QED) is 0.464. The number of amides is 1. The average Bonchev–Trinajstić information content (AvgIpc) is 3.08. The first kappa shape index (κ1) is 19.2. The van der Waals surface area contributed by atoms with E-state index in [4.69, 9.17) is 15.7 Å². The SMILES string of the molecule is NC(=O)c1cccc2c(-c3nc4c(c(NCc5ccccc5)n3)CNCCC4)ncn12. The van der Waals surface area contributed by atoms with Gasteiger partial charge in [-0.25, -0.2) is 15.0 Å². The smallest absolute Gasteiger partial charge is 0.265 e. The molecule has 0 spiro atoms. The summed E-state index contributed by atoms with van der Waals surface area (Å²) in [7, 11) is 0. The van der Waals surface area contributed by atoms with Crippen molar-refractivity contribution in [2.45, 2.75) is 25.9 Å². The average molecular weight is 413 g/mol. The summed E-state index contributed by atoms with van der Waals surface area (Å²) in [5.74, 6) is 0.847. The molecule has 8 nitrogen and oxygen atoms in total. The van der Waals surface area contributed by atoms with Crippen LogP contribution in [0.3, 0.4) is 0 Å². The number of hydrogen-bond donors (Lipinski definition) is 3. The minimum absolute atomic E-state index is 0.373. The van der Waals surface area contributed by atoms with Crippen LogP contribution in [0, 0.1) is 0 Å². The van der Waals surface area contributed by atoms with E-state index < -0.39 is 5.91 Å². The fraction of sp³-hybridized carbons (Fsp3) is 0.217. The summed E-state index contributed by atoms with van der Waals surface area (Å²) in [6, 6.07) is 15.6. The molecule has 0 saturated heterocycles. The highest BCUT2D eigenvalue weighted by atomic mass is 16.1. The number of imidazole rings is 1. The molecule has 8 heteroatoms. The first-order valence-electron chi connectivity index (χ1n) is 10.4. The number of nitrogens with zero attached hydrogens (tertiary/aromatic N) is 4. The summed E-state index contributed by atoms with van der Waals surface area (Å²) in [5.41, 5.74) is 10.6. The van der Waals surface area contributed by atoms with Gasteiger partial charge in [0.25, 0.3) is 5.91 Å². The lowest BCUT2D eigenvalue weighted by molar-refractivity contribution is 0.0994. The number of anilines is 1. The van der Waals surface area contributed by atoms with E-state index in [0.717, 1.165) is 48.5 Å². The van der Waals surface area contributed by atoms with Crippen LogP contribution >= 0.6 is 0 Å². The Kier molecular flexibility index (Phi) is 5.05. The third kappa shape index (κ3) is 3.73. The Morgan fingerprint density at radius 3 is 2.84 bits per heavy atom. The second-order valence-electron chi connectivity index (χ2n) is 7.56. The standard InChI is InChI=1S/C23H23N7O/c24-21(31)19-10-4-9-18-20(27-14-30(18)19)23-28-17-8-5-11-25-13-16(17)22(29-23)26-12-15-6-2-1-3-7-15/h1-4,6-7,9-10,14,25H,5,8,11-13H2,(H2,24,31)(H,26,28,29). The minimum Gasteiger partial charge on any atom is -0.366 e. The van der Waals surface area contributed by atoms with E-state index >= 15 is 0 Å². The Balaban J connectivity index is 1.59. The van der Waals surface area contributed by atoms with Crippen molar-refractivity contribution in [3.05, 3.63) is 77.4 Å². The highest BCUT2D eigenvalue weighted by Gasteiger charge is 2.20. The largest absolute Gasteiger partial charge is 0.366 e. The van der Waals surface area contributed by atoms with Gasteiger partial charge in [-0.2, -0.15) is 0 Å². The zero-order valence-corrected chi connectivity index (χ0v) is 17.0. The number of nitrogens with one attached hydrogen (secondary N) is 2. The number of hydrogen-bond acceptors (Lipinski definition) is 6. The van der Waals surface area contributed by atoms with Crippen molar-refractivity contribution in [3.8, 4) is 11.5 Å². The molecule has 0 saturated carbocycles. The first-order chi connectivity index (χ1) is 15.2. The van der Waals surface area contributed by atoms with Crippen LogP contribution in [0.5, 0.6) is 0 Å². The number of rotatable bonds is 5. The van der Waals surface area contributed by atoms with Gasteiger partial charge in [0.1, 0.15) is 23.5 Å². The molecule has 0 bridgehead atoms. The topological polar surface area (TPSA) is 110 Å². The highest BCUT2D eigenvalue weighted by molar-refractivity contribution is 5.92. The molecule has 1 amide bonds. The molecule has 5 rings (SSSR count). The molecule has 1 aliphatic rings. The van der Waals surface area contributed by atoms with Crippen LogP contribution in [0.4, 0.5) is 5.82 Å². The van der Waals surface area contributed by atoms with Gasteiger partial charge in [0, 0.05) is 18.7 Å². The Morgan fingerprint density at radius 2 is 2.00 bits per heavy atom. The van der Waals surface area contributed by atoms with Crippen molar-refractivity contribution >= 4 is 17.2 Å². The number of nitrogens with two attached hydrogens (primary N) is 1. The third-order valence-corrected chi connectivity index (χ3v) is 5.50. The van der Waals surface area contributed by atoms with E-state index in [0.29, 0.717) is 23.8 Å². The first-order valence-corrected chi connectivity index (χ1v) is 10.4. The molecule has 0 atom stereocenters. The summed E-state index contributed by atoms with van der Waals surface area (Å²) >= 11 is 0. The van der Waals surface area contributed by atoms with Gasteiger partial charge < -0.3 is 16.4 Å². The van der Waals surface area contributed by atoms with Crippen LogP contribution in [0.1, 0.15) is 33.7 Å². The van der Waals surface area contributed by atoms with Crippen molar-refractivity contribution in [1.29, 1.82) is 0 Å². The molecule has 1 aromatic carbocycles. The van der Waals surface area contributed by atoms with Crippen molar-refractivity contribution < 1.29 is 4.79 Å². The van der Waals surface area contributed by atoms with E-state index in [1.165, 1.54) is 5.56 Å². The van der Waals surface area contributed by atoms with Crippen LogP contribution in [0.25, 0.3) is 17.0 Å². The van der Waals surface area contributed by atoms with Crippen LogP contribution in [-0.4, -0.2) is 31.8 Å². The Hall–Kier alpha value is -3.78. The van der Waals surface area contributed by atoms with Crippen molar-refractivity contribution in [3.63, 3.8) is 0 Å². The molecular formula is C23H23N7O. The highest BCUT2D eigenvalue weighted by Crippen LogP contribution is 2.27. The number of primary amides is 1. The third-order valence-electron chi connectivity index (χ3n) is 5.50. The van der Waals surface area contributed by atoms with Gasteiger partial charge in [-0.05, 0) is 37.1 Å². The van der Waals surface area contributed by atoms with E-state index in [1.54, 1.807) is 22.9 Å². The van der Waals surface area contributed by atoms with Gasteiger partial charge in [-0.15, -0.1) is 0 Å². The van der Waals surface area contributed by atoms with E-state index in [-0.39, 0.29) is 0 Å². The van der Waals surface area contributed by atoms with Crippen molar-refractivity contribution in [2.24, 2.45) is 5.73 Å². The normalized spacial score (nSPS) is 13.5. The number of pyridine rings is 1. The van der Waals surface area contributed by atoms with E-state index in [1.807, 2.05) is 24.3 Å². The molecule has 0 radical (unpaired) electrons. The van der Waals surface area contributed by atoms with Crippen LogP contribution < -0.4 is 16.4 Å². The fourth-order valence-corrected chi connectivity index (χ4v) is 3.94. The van der Waals surface area contributed by atoms with Gasteiger partial charge in [0.05, 0.1) is 11.2 Å². The predicted molar refractivity (Wildman–Crippen MR) is 119 cm³/mol. The number of aryl methyl sites for hydroxylation is 1. The number of aromatic nitrogens is 4. The zero-order chi connectivity index (χ0) is 21.2. The second kappa shape index (κ2) is 8.16. The zero-order valence-electron chi connectivity index (χ0n) is 17.0. The molecule has 4 heterocycles.